The molecule has 2 atom stereocenters. The van der Waals surface area contributed by atoms with E-state index in [1.54, 1.807) is 0 Å². The van der Waals surface area contributed by atoms with E-state index in [9.17, 15) is 23.3 Å². The number of hydrogen-bond donors (Lipinski definition) is 0. The van der Waals surface area contributed by atoms with Crippen LogP contribution in [0.2, 0.25) is 0 Å². The van der Waals surface area contributed by atoms with Crippen molar-refractivity contribution in [1.29, 1.82) is 0 Å². The van der Waals surface area contributed by atoms with E-state index in [0.717, 1.165) is 0 Å². The molecule has 0 aromatic heterocycles. The average Bonchev–Trinajstić information content (AvgIpc) is 2.71. The molecule has 160 valence electrons. The van der Waals surface area contributed by atoms with E-state index in [1.165, 1.54) is 52.8 Å². The SMILES string of the molecule is C[C@@H]1CN(S(=O)(=O)c2ccc(C(=O)OCc3ccc([N+](=O)[O-])cc3)cc2)C[C@@H](C)O1. The number of rotatable bonds is 6. The second kappa shape index (κ2) is 8.90. The molecule has 2 aromatic carbocycles. The predicted octanol–water partition coefficient (Wildman–Crippen LogP) is 2.75. The summed E-state index contributed by atoms with van der Waals surface area (Å²) in [5, 5.41) is 10.7. The maximum absolute atomic E-state index is 12.9. The number of esters is 1. The molecule has 9 nitrogen and oxygen atoms in total. The number of nitro benzene ring substituents is 1. The number of ether oxygens (including phenoxy) is 2. The zero-order valence-electron chi connectivity index (χ0n) is 16.6. The number of morpholine rings is 1. The van der Waals surface area contributed by atoms with Crippen LogP contribution in [0, 0.1) is 10.1 Å². The normalized spacial score (nSPS) is 19.9. The molecule has 0 aliphatic carbocycles. The number of benzene rings is 2. The summed E-state index contributed by atoms with van der Waals surface area (Å²) in [4.78, 5) is 22.5. The summed E-state index contributed by atoms with van der Waals surface area (Å²) in [6.45, 7) is 4.13. The molecule has 0 bridgehead atoms. The van der Waals surface area contributed by atoms with Crippen molar-refractivity contribution in [3.05, 3.63) is 69.8 Å². The van der Waals surface area contributed by atoms with Crippen LogP contribution in [0.5, 0.6) is 0 Å². The van der Waals surface area contributed by atoms with Gasteiger partial charge in [0.2, 0.25) is 10.0 Å². The Morgan fingerprint density at radius 3 is 2.20 bits per heavy atom. The van der Waals surface area contributed by atoms with E-state index in [4.69, 9.17) is 9.47 Å². The van der Waals surface area contributed by atoms with Gasteiger partial charge in [0.05, 0.1) is 27.6 Å². The number of nitrogens with zero attached hydrogens (tertiary/aromatic N) is 2. The van der Waals surface area contributed by atoms with Crippen molar-refractivity contribution in [3.8, 4) is 0 Å². The molecule has 2 aromatic rings. The smallest absolute Gasteiger partial charge is 0.338 e. The Hall–Kier alpha value is -2.82. The molecule has 1 aliphatic rings. The Bertz CT molecular complexity index is 1010. The molecule has 10 heteroatoms. The standard InChI is InChI=1S/C20H22N2O7S/c1-14-11-21(12-15(2)29-14)30(26,27)19-9-5-17(6-10-19)20(23)28-13-16-3-7-18(8-4-16)22(24)25/h3-10,14-15H,11-13H2,1-2H3/t14-,15-/m1/s1. The van der Waals surface area contributed by atoms with Gasteiger partial charge in [-0.2, -0.15) is 4.31 Å². The third kappa shape index (κ3) is 5.02. The monoisotopic (exact) mass is 434 g/mol. The second-order valence-corrected chi connectivity index (χ2v) is 9.04. The molecule has 1 fully saturated rings. The molecule has 30 heavy (non-hydrogen) atoms. The third-order valence-corrected chi connectivity index (χ3v) is 6.48. The molecule has 3 rings (SSSR count). The number of non-ortho nitro benzene ring substituents is 1. The molecule has 0 spiro atoms. The Kier molecular flexibility index (Phi) is 6.49. The number of hydrogen-bond acceptors (Lipinski definition) is 7. The first kappa shape index (κ1) is 21.9. The van der Waals surface area contributed by atoms with Gasteiger partial charge in [0.1, 0.15) is 6.61 Å². The Labute approximate surface area is 174 Å². The maximum Gasteiger partial charge on any atom is 0.338 e. The lowest BCUT2D eigenvalue weighted by Crippen LogP contribution is -2.48. The largest absolute Gasteiger partial charge is 0.457 e. The van der Waals surface area contributed by atoms with Crippen molar-refractivity contribution in [1.82, 2.24) is 4.31 Å². The minimum atomic E-state index is -3.69. The highest BCUT2D eigenvalue weighted by atomic mass is 32.2. The highest BCUT2D eigenvalue weighted by Gasteiger charge is 2.32. The average molecular weight is 434 g/mol. The highest BCUT2D eigenvalue weighted by Crippen LogP contribution is 2.22. The Morgan fingerprint density at radius 1 is 1.10 bits per heavy atom. The molecule has 1 heterocycles. The van der Waals surface area contributed by atoms with Crippen molar-refractivity contribution in [2.24, 2.45) is 0 Å². The zero-order valence-corrected chi connectivity index (χ0v) is 17.4. The first-order chi connectivity index (χ1) is 14.2. The Balaban J connectivity index is 1.64. The van der Waals surface area contributed by atoms with Gasteiger partial charge >= 0.3 is 5.97 Å². The zero-order chi connectivity index (χ0) is 21.9. The summed E-state index contributed by atoms with van der Waals surface area (Å²) in [6, 6.07) is 11.2. The number of carbonyl (C=O) groups is 1. The van der Waals surface area contributed by atoms with Crippen molar-refractivity contribution in [2.75, 3.05) is 13.1 Å². The molecule has 0 radical (unpaired) electrons. The van der Waals surface area contributed by atoms with Gasteiger partial charge in [-0.15, -0.1) is 0 Å². The topological polar surface area (TPSA) is 116 Å². The fourth-order valence-corrected chi connectivity index (χ4v) is 4.78. The van der Waals surface area contributed by atoms with Gasteiger partial charge in [-0.25, -0.2) is 13.2 Å². The van der Waals surface area contributed by atoms with Crippen LogP contribution in [0.3, 0.4) is 0 Å². The van der Waals surface area contributed by atoms with Crippen molar-refractivity contribution in [2.45, 2.75) is 37.6 Å². The minimum Gasteiger partial charge on any atom is -0.457 e. The van der Waals surface area contributed by atoms with Gasteiger partial charge in [-0.05, 0) is 55.8 Å². The summed E-state index contributed by atoms with van der Waals surface area (Å²) >= 11 is 0. The predicted molar refractivity (Wildman–Crippen MR) is 107 cm³/mol. The first-order valence-electron chi connectivity index (χ1n) is 9.33. The number of sulfonamides is 1. The van der Waals surface area contributed by atoms with Crippen LogP contribution >= 0.6 is 0 Å². The van der Waals surface area contributed by atoms with Crippen molar-refractivity contribution in [3.63, 3.8) is 0 Å². The summed E-state index contributed by atoms with van der Waals surface area (Å²) in [6.07, 6.45) is -0.394. The molecule has 0 saturated carbocycles. The maximum atomic E-state index is 12.9. The van der Waals surface area contributed by atoms with E-state index >= 15 is 0 Å². The fraction of sp³-hybridized carbons (Fsp3) is 0.350. The summed E-state index contributed by atoms with van der Waals surface area (Å²) in [5.41, 5.74) is 0.759. The third-order valence-electron chi connectivity index (χ3n) is 4.63. The molecular formula is C20H22N2O7S. The fourth-order valence-electron chi connectivity index (χ4n) is 3.19. The van der Waals surface area contributed by atoms with E-state index < -0.39 is 20.9 Å². The van der Waals surface area contributed by atoms with E-state index in [0.29, 0.717) is 5.56 Å². The lowest BCUT2D eigenvalue weighted by Gasteiger charge is -2.34. The number of carbonyl (C=O) groups excluding carboxylic acids is 1. The molecule has 1 aliphatic heterocycles. The van der Waals surface area contributed by atoms with Gasteiger partial charge < -0.3 is 9.47 Å². The molecule has 0 unspecified atom stereocenters. The van der Waals surface area contributed by atoms with Crippen LogP contribution in [0.1, 0.15) is 29.8 Å². The number of nitro groups is 1. The molecule has 0 amide bonds. The first-order valence-corrected chi connectivity index (χ1v) is 10.8. The lowest BCUT2D eigenvalue weighted by molar-refractivity contribution is -0.384. The van der Waals surface area contributed by atoms with E-state index in [1.807, 2.05) is 13.8 Å². The minimum absolute atomic E-state index is 0.0501. The van der Waals surface area contributed by atoms with Crippen molar-refractivity contribution >= 4 is 21.7 Å². The highest BCUT2D eigenvalue weighted by molar-refractivity contribution is 7.89. The Morgan fingerprint density at radius 2 is 1.67 bits per heavy atom. The van der Waals surface area contributed by atoms with Crippen LogP contribution in [0.4, 0.5) is 5.69 Å². The van der Waals surface area contributed by atoms with Crippen LogP contribution in [-0.4, -0.2) is 48.9 Å². The van der Waals surface area contributed by atoms with E-state index in [2.05, 4.69) is 0 Å². The molecule has 0 N–H and O–H groups in total. The van der Waals surface area contributed by atoms with Crippen LogP contribution < -0.4 is 0 Å². The van der Waals surface area contributed by atoms with Gasteiger partial charge in [0.15, 0.2) is 0 Å². The molecule has 1 saturated heterocycles. The van der Waals surface area contributed by atoms with Gasteiger partial charge in [-0.3, -0.25) is 10.1 Å². The van der Waals surface area contributed by atoms with E-state index in [-0.39, 0.29) is 48.1 Å². The van der Waals surface area contributed by atoms with Crippen molar-refractivity contribution < 1.29 is 27.6 Å². The van der Waals surface area contributed by atoms with Crippen LogP contribution in [-0.2, 0) is 26.1 Å². The van der Waals surface area contributed by atoms with Crippen LogP contribution in [0.15, 0.2) is 53.4 Å². The summed E-state index contributed by atoms with van der Waals surface area (Å²) in [5.74, 6) is -0.620. The second-order valence-electron chi connectivity index (χ2n) is 7.10. The quantitative estimate of drug-likeness (QED) is 0.390. The van der Waals surface area contributed by atoms with Gasteiger partial charge in [0.25, 0.3) is 5.69 Å². The lowest BCUT2D eigenvalue weighted by atomic mass is 10.2. The summed E-state index contributed by atoms with van der Waals surface area (Å²) < 4.78 is 37.9. The van der Waals surface area contributed by atoms with Gasteiger partial charge in [0, 0.05) is 25.2 Å². The summed E-state index contributed by atoms with van der Waals surface area (Å²) in [7, 11) is -3.69. The molecular weight excluding hydrogens is 412 g/mol. The van der Waals surface area contributed by atoms with Crippen LogP contribution in [0.25, 0.3) is 0 Å². The van der Waals surface area contributed by atoms with Gasteiger partial charge in [-0.1, -0.05) is 0 Å².